The molecule has 0 saturated carbocycles. The van der Waals surface area contributed by atoms with E-state index in [-0.39, 0.29) is 33.0 Å². The fourth-order valence-electron chi connectivity index (χ4n) is 7.69. The molecule has 0 radical (unpaired) electrons. The third-order valence-electron chi connectivity index (χ3n) is 10.7. The largest absolute Gasteiger partial charge is 0.387 e. The lowest BCUT2D eigenvalue weighted by atomic mass is 9.96. The molecule has 11 nitrogen and oxygen atoms in total. The standard InChI is InChI=1S/C48H52O11/c1-50-47-43(40(49)41-39(56-47)32-55-46(58-41)37-25-15-6-16-26-37)59-48-45(54-30-36-23-13-5-14-24-36)44(53-29-35-21-11-4-12-22-35)42(52-28-34-19-9-3-10-20-34)38(57-48)31-51-27-33-17-7-2-8-18-33/h2-26,38-49H,27-32H2,1H3/t38-,39-,40+,41-,42-,43-,44+,45-,46?,47-,48-/m1/s1. The molecule has 3 heterocycles. The molecular weight excluding hydrogens is 753 g/mol. The summed E-state index contributed by atoms with van der Waals surface area (Å²) in [5, 5.41) is 12.1. The lowest BCUT2D eigenvalue weighted by Gasteiger charge is -2.50. The first-order chi connectivity index (χ1) is 29.1. The highest BCUT2D eigenvalue weighted by Gasteiger charge is 2.55. The van der Waals surface area contributed by atoms with Crippen molar-refractivity contribution in [2.24, 2.45) is 0 Å². The van der Waals surface area contributed by atoms with Crippen LogP contribution in [0.25, 0.3) is 0 Å². The normalized spacial score (nSPS) is 29.4. The Bertz CT molecular complexity index is 1940. The Morgan fingerprint density at radius 2 is 1.02 bits per heavy atom. The van der Waals surface area contributed by atoms with Gasteiger partial charge in [0.15, 0.2) is 18.9 Å². The minimum absolute atomic E-state index is 0.145. The quantitative estimate of drug-likeness (QED) is 0.106. The summed E-state index contributed by atoms with van der Waals surface area (Å²) < 4.78 is 65.2. The summed E-state index contributed by atoms with van der Waals surface area (Å²) in [5.41, 5.74) is 4.76. The number of fused-ring (bicyclic) bond motifs is 1. The van der Waals surface area contributed by atoms with Gasteiger partial charge in [-0.3, -0.25) is 0 Å². The van der Waals surface area contributed by atoms with E-state index < -0.39 is 67.7 Å². The van der Waals surface area contributed by atoms with Gasteiger partial charge in [0.25, 0.3) is 0 Å². The first kappa shape index (κ1) is 41.4. The molecule has 3 fully saturated rings. The van der Waals surface area contributed by atoms with Crippen LogP contribution in [0, 0.1) is 0 Å². The van der Waals surface area contributed by atoms with Crippen molar-refractivity contribution in [3.05, 3.63) is 179 Å². The highest BCUT2D eigenvalue weighted by atomic mass is 16.8. The van der Waals surface area contributed by atoms with Crippen molar-refractivity contribution in [3.63, 3.8) is 0 Å². The molecule has 310 valence electrons. The van der Waals surface area contributed by atoms with Gasteiger partial charge in [-0.25, -0.2) is 0 Å². The van der Waals surface area contributed by atoms with Crippen LogP contribution in [0.1, 0.15) is 34.1 Å². The predicted molar refractivity (Wildman–Crippen MR) is 216 cm³/mol. The van der Waals surface area contributed by atoms with Gasteiger partial charge in [0, 0.05) is 12.7 Å². The Hall–Kier alpha value is -4.34. The van der Waals surface area contributed by atoms with Crippen LogP contribution in [0.15, 0.2) is 152 Å². The van der Waals surface area contributed by atoms with Crippen LogP contribution in [0.4, 0.5) is 0 Å². The molecule has 8 rings (SSSR count). The Morgan fingerprint density at radius 1 is 0.525 bits per heavy atom. The van der Waals surface area contributed by atoms with Crippen LogP contribution in [-0.4, -0.2) is 86.8 Å². The molecule has 3 aliphatic rings. The molecule has 1 N–H and O–H groups in total. The van der Waals surface area contributed by atoms with Gasteiger partial charge in [0.05, 0.1) is 39.6 Å². The fourth-order valence-corrected chi connectivity index (χ4v) is 7.69. The monoisotopic (exact) mass is 804 g/mol. The van der Waals surface area contributed by atoms with E-state index in [0.717, 1.165) is 27.8 Å². The van der Waals surface area contributed by atoms with Gasteiger partial charge in [-0.05, 0) is 22.3 Å². The van der Waals surface area contributed by atoms with E-state index in [1.807, 2.05) is 152 Å². The number of methoxy groups -OCH3 is 1. The fraction of sp³-hybridized carbons (Fsp3) is 0.375. The Labute approximate surface area is 345 Å². The second kappa shape index (κ2) is 20.8. The topological polar surface area (TPSA) is 113 Å². The number of hydrogen-bond acceptors (Lipinski definition) is 11. The molecule has 0 bridgehead atoms. The number of benzene rings is 5. The molecule has 11 heteroatoms. The molecule has 5 aromatic rings. The van der Waals surface area contributed by atoms with Gasteiger partial charge < -0.3 is 52.5 Å². The molecule has 5 aromatic carbocycles. The number of rotatable bonds is 17. The van der Waals surface area contributed by atoms with E-state index in [0.29, 0.717) is 6.61 Å². The van der Waals surface area contributed by atoms with Crippen LogP contribution in [0.3, 0.4) is 0 Å². The summed E-state index contributed by atoms with van der Waals surface area (Å²) in [4.78, 5) is 0. The Kier molecular flexibility index (Phi) is 14.6. The Morgan fingerprint density at radius 3 is 1.56 bits per heavy atom. The van der Waals surface area contributed by atoms with Gasteiger partial charge in [-0.15, -0.1) is 0 Å². The second-order valence-corrected chi connectivity index (χ2v) is 14.9. The molecule has 11 atom stereocenters. The van der Waals surface area contributed by atoms with Crippen molar-refractivity contribution in [2.45, 2.75) is 94.1 Å². The molecule has 3 aliphatic heterocycles. The van der Waals surface area contributed by atoms with Crippen LogP contribution < -0.4 is 0 Å². The van der Waals surface area contributed by atoms with Crippen molar-refractivity contribution < 1.29 is 52.5 Å². The summed E-state index contributed by atoms with van der Waals surface area (Å²) >= 11 is 0. The maximum absolute atomic E-state index is 12.1. The second-order valence-electron chi connectivity index (χ2n) is 14.9. The predicted octanol–water partition coefficient (Wildman–Crippen LogP) is 6.92. The van der Waals surface area contributed by atoms with Crippen molar-refractivity contribution >= 4 is 0 Å². The highest BCUT2D eigenvalue weighted by Crippen LogP contribution is 2.38. The zero-order valence-electron chi connectivity index (χ0n) is 33.1. The molecule has 0 aromatic heterocycles. The lowest BCUT2D eigenvalue weighted by Crippen LogP contribution is -2.66. The zero-order valence-corrected chi connectivity index (χ0v) is 33.1. The van der Waals surface area contributed by atoms with Crippen molar-refractivity contribution in [2.75, 3.05) is 20.3 Å². The maximum atomic E-state index is 12.1. The maximum Gasteiger partial charge on any atom is 0.187 e. The average Bonchev–Trinajstić information content (AvgIpc) is 3.30. The van der Waals surface area contributed by atoms with Crippen molar-refractivity contribution in [1.82, 2.24) is 0 Å². The van der Waals surface area contributed by atoms with Gasteiger partial charge in [0.1, 0.15) is 48.8 Å². The minimum atomic E-state index is -1.20. The van der Waals surface area contributed by atoms with Crippen molar-refractivity contribution in [3.8, 4) is 0 Å². The van der Waals surface area contributed by atoms with Crippen LogP contribution >= 0.6 is 0 Å². The third kappa shape index (κ3) is 10.7. The number of hydrogen-bond donors (Lipinski definition) is 1. The minimum Gasteiger partial charge on any atom is -0.387 e. The SMILES string of the molecule is CO[C@@H]1O[C@@H]2COC(c3ccccc3)O[C@H]2[C@H](O)[C@H]1O[C@H]1O[C@H](COCc2ccccc2)[C@@H](OCc2ccccc2)[C@H](OCc2ccccc2)[C@H]1OCc1ccccc1. The van der Waals surface area contributed by atoms with Gasteiger partial charge >= 0.3 is 0 Å². The number of aliphatic hydroxyl groups excluding tert-OH is 1. The van der Waals surface area contributed by atoms with Gasteiger partial charge in [-0.1, -0.05) is 152 Å². The summed E-state index contributed by atoms with van der Waals surface area (Å²) in [6, 6.07) is 49.3. The summed E-state index contributed by atoms with van der Waals surface area (Å²) in [6.07, 6.45) is -9.42. The van der Waals surface area contributed by atoms with E-state index in [4.69, 9.17) is 47.4 Å². The summed E-state index contributed by atoms with van der Waals surface area (Å²) in [5.74, 6) is 0. The molecule has 0 spiro atoms. The van der Waals surface area contributed by atoms with Crippen LogP contribution in [0.2, 0.25) is 0 Å². The van der Waals surface area contributed by atoms with Gasteiger partial charge in [0.2, 0.25) is 0 Å². The van der Waals surface area contributed by atoms with E-state index in [1.165, 1.54) is 7.11 Å². The molecule has 3 saturated heterocycles. The molecule has 0 aliphatic carbocycles. The number of aliphatic hydroxyl groups is 1. The molecule has 59 heavy (non-hydrogen) atoms. The van der Waals surface area contributed by atoms with E-state index >= 15 is 0 Å². The smallest absolute Gasteiger partial charge is 0.187 e. The summed E-state index contributed by atoms with van der Waals surface area (Å²) in [6.45, 7) is 1.47. The lowest BCUT2D eigenvalue weighted by molar-refractivity contribution is -0.396. The first-order valence-corrected chi connectivity index (χ1v) is 20.2. The van der Waals surface area contributed by atoms with E-state index in [2.05, 4.69) is 0 Å². The Balaban J connectivity index is 1.11. The highest BCUT2D eigenvalue weighted by molar-refractivity contribution is 5.18. The average molecular weight is 805 g/mol. The number of ether oxygens (including phenoxy) is 10. The van der Waals surface area contributed by atoms with E-state index in [1.54, 1.807) is 0 Å². The first-order valence-electron chi connectivity index (χ1n) is 20.2. The molecular formula is C48H52O11. The van der Waals surface area contributed by atoms with E-state index in [9.17, 15) is 5.11 Å². The van der Waals surface area contributed by atoms with Crippen molar-refractivity contribution in [1.29, 1.82) is 0 Å². The van der Waals surface area contributed by atoms with Crippen LogP contribution in [-0.2, 0) is 73.8 Å². The molecule has 0 amide bonds. The molecule has 1 unspecified atom stereocenters. The van der Waals surface area contributed by atoms with Gasteiger partial charge in [-0.2, -0.15) is 0 Å². The third-order valence-corrected chi connectivity index (χ3v) is 10.7. The zero-order chi connectivity index (χ0) is 40.2. The van der Waals surface area contributed by atoms with Crippen LogP contribution in [0.5, 0.6) is 0 Å². The summed E-state index contributed by atoms with van der Waals surface area (Å²) in [7, 11) is 1.51.